The van der Waals surface area contributed by atoms with Gasteiger partial charge in [-0.15, -0.1) is 11.3 Å². The van der Waals surface area contributed by atoms with Crippen LogP contribution in [0.25, 0.3) is 0 Å². The zero-order chi connectivity index (χ0) is 13.0. The van der Waals surface area contributed by atoms with Crippen molar-refractivity contribution >= 4 is 17.3 Å². The number of aliphatic carboxylic acids is 1. The molecule has 0 atom stereocenters. The summed E-state index contributed by atoms with van der Waals surface area (Å²) < 4.78 is 0. The number of hydrogen-bond donors (Lipinski definition) is 1. The Kier molecular flexibility index (Phi) is 4.72. The van der Waals surface area contributed by atoms with Gasteiger partial charge in [0.05, 0.1) is 10.7 Å². The van der Waals surface area contributed by atoms with Crippen LogP contribution in [0.4, 0.5) is 0 Å². The molecule has 0 aromatic carbocycles. The molecule has 0 radical (unpaired) electrons. The van der Waals surface area contributed by atoms with Crippen molar-refractivity contribution in [1.82, 2.24) is 9.88 Å². The van der Waals surface area contributed by atoms with Gasteiger partial charge < -0.3 is 10.0 Å². The molecule has 0 bridgehead atoms. The Morgan fingerprint density at radius 1 is 1.56 bits per heavy atom. The number of carboxylic acid groups (broad SMARTS) is 1. The molecule has 5 heteroatoms. The number of carboxylic acids is 1. The maximum absolute atomic E-state index is 10.5. The van der Waals surface area contributed by atoms with Crippen molar-refractivity contribution in [3.63, 3.8) is 0 Å². The van der Waals surface area contributed by atoms with Gasteiger partial charge in [-0.25, -0.2) is 4.98 Å². The predicted molar refractivity (Wildman–Crippen MR) is 72.2 cm³/mol. The zero-order valence-corrected chi connectivity index (χ0v) is 11.6. The van der Waals surface area contributed by atoms with Crippen molar-refractivity contribution in [2.45, 2.75) is 38.0 Å². The molecule has 0 aliphatic carbocycles. The van der Waals surface area contributed by atoms with Crippen LogP contribution in [0, 0.1) is 0 Å². The van der Waals surface area contributed by atoms with E-state index in [1.54, 1.807) is 11.3 Å². The van der Waals surface area contributed by atoms with Crippen LogP contribution in [0.5, 0.6) is 0 Å². The quantitative estimate of drug-likeness (QED) is 0.890. The molecule has 18 heavy (non-hydrogen) atoms. The molecule has 4 nitrogen and oxygen atoms in total. The molecule has 1 aliphatic rings. The summed E-state index contributed by atoms with van der Waals surface area (Å²) in [5.74, 6) is -0.111. The summed E-state index contributed by atoms with van der Waals surface area (Å²) in [5, 5.41) is 11.9. The van der Waals surface area contributed by atoms with Gasteiger partial charge >= 0.3 is 5.97 Å². The first-order valence-electron chi connectivity index (χ1n) is 6.50. The Labute approximate surface area is 112 Å². The highest BCUT2D eigenvalue weighted by Gasteiger charge is 2.20. The fourth-order valence-corrected chi connectivity index (χ4v) is 3.33. The van der Waals surface area contributed by atoms with E-state index >= 15 is 0 Å². The van der Waals surface area contributed by atoms with Crippen LogP contribution in [-0.2, 0) is 11.2 Å². The second-order valence-corrected chi connectivity index (χ2v) is 5.89. The van der Waals surface area contributed by atoms with Crippen LogP contribution >= 0.6 is 11.3 Å². The van der Waals surface area contributed by atoms with Crippen LogP contribution in [0.15, 0.2) is 5.38 Å². The Bertz CT molecular complexity index is 397. The van der Waals surface area contributed by atoms with Gasteiger partial charge in [0, 0.05) is 17.7 Å². The van der Waals surface area contributed by atoms with Crippen molar-refractivity contribution in [2.75, 3.05) is 20.1 Å². The predicted octanol–water partition coefficient (Wildman–Crippen LogP) is 2.36. The number of piperidine rings is 1. The molecule has 1 fully saturated rings. The van der Waals surface area contributed by atoms with Gasteiger partial charge in [-0.05, 0) is 45.8 Å². The third-order valence-corrected chi connectivity index (χ3v) is 4.52. The molecular formula is C13H20N2O2S. The Morgan fingerprint density at radius 3 is 2.94 bits per heavy atom. The lowest BCUT2D eigenvalue weighted by Crippen LogP contribution is -2.29. The number of hydrogen-bond acceptors (Lipinski definition) is 4. The first-order chi connectivity index (χ1) is 8.65. The Balaban J connectivity index is 1.84. The molecule has 1 N–H and O–H groups in total. The van der Waals surface area contributed by atoms with E-state index in [0.29, 0.717) is 12.3 Å². The first kappa shape index (κ1) is 13.5. The highest BCUT2D eigenvalue weighted by atomic mass is 32.1. The average Bonchev–Trinajstić information content (AvgIpc) is 2.78. The van der Waals surface area contributed by atoms with Crippen molar-refractivity contribution in [3.05, 3.63) is 16.1 Å². The Hall–Kier alpha value is -0.940. The SMILES string of the molecule is CN1CCC(c2nc(CCCC(=O)O)cs2)CC1. The van der Waals surface area contributed by atoms with Crippen molar-refractivity contribution in [3.8, 4) is 0 Å². The molecule has 1 aliphatic heterocycles. The summed E-state index contributed by atoms with van der Waals surface area (Å²) in [5.41, 5.74) is 1.06. The molecule has 0 spiro atoms. The Morgan fingerprint density at radius 2 is 2.28 bits per heavy atom. The first-order valence-corrected chi connectivity index (χ1v) is 7.38. The minimum Gasteiger partial charge on any atom is -0.481 e. The summed E-state index contributed by atoms with van der Waals surface area (Å²) in [7, 11) is 2.16. The standard InChI is InChI=1S/C13H20N2O2S/c1-15-7-5-10(6-8-15)13-14-11(9-18-13)3-2-4-12(16)17/h9-10H,2-8H2,1H3,(H,16,17). The number of carbonyl (C=O) groups is 1. The number of rotatable bonds is 5. The third-order valence-electron chi connectivity index (χ3n) is 3.46. The van der Waals surface area contributed by atoms with Gasteiger partial charge in [-0.3, -0.25) is 4.79 Å². The van der Waals surface area contributed by atoms with Gasteiger partial charge in [0.1, 0.15) is 0 Å². The molecule has 0 unspecified atom stereocenters. The van der Waals surface area contributed by atoms with Gasteiger partial charge in [-0.2, -0.15) is 0 Å². The summed E-state index contributed by atoms with van der Waals surface area (Å²) in [6.07, 6.45) is 4.10. The van der Waals surface area contributed by atoms with Crippen molar-refractivity contribution in [2.24, 2.45) is 0 Å². The number of aromatic nitrogens is 1. The lowest BCUT2D eigenvalue weighted by molar-refractivity contribution is -0.137. The van der Waals surface area contributed by atoms with Gasteiger partial charge in [0.2, 0.25) is 0 Å². The van der Waals surface area contributed by atoms with Gasteiger partial charge in [-0.1, -0.05) is 0 Å². The van der Waals surface area contributed by atoms with Crippen LogP contribution in [-0.4, -0.2) is 41.1 Å². The topological polar surface area (TPSA) is 53.4 Å². The number of aryl methyl sites for hydroxylation is 1. The fourth-order valence-electron chi connectivity index (χ4n) is 2.30. The highest BCUT2D eigenvalue weighted by Crippen LogP contribution is 2.30. The number of likely N-dealkylation sites (tertiary alicyclic amines) is 1. The van der Waals surface area contributed by atoms with E-state index in [4.69, 9.17) is 5.11 Å². The maximum Gasteiger partial charge on any atom is 0.303 e. The molecule has 0 amide bonds. The summed E-state index contributed by atoms with van der Waals surface area (Å²) in [6, 6.07) is 0. The minimum absolute atomic E-state index is 0.237. The monoisotopic (exact) mass is 268 g/mol. The molecule has 1 aromatic heterocycles. The summed E-state index contributed by atoms with van der Waals surface area (Å²) in [6.45, 7) is 2.30. The summed E-state index contributed by atoms with van der Waals surface area (Å²) in [4.78, 5) is 17.5. The zero-order valence-electron chi connectivity index (χ0n) is 10.8. The molecule has 2 heterocycles. The largest absolute Gasteiger partial charge is 0.481 e. The molecule has 1 saturated heterocycles. The van der Waals surface area contributed by atoms with Gasteiger partial charge in [0.25, 0.3) is 0 Å². The van der Waals surface area contributed by atoms with E-state index in [9.17, 15) is 4.79 Å². The molecule has 2 rings (SSSR count). The van der Waals surface area contributed by atoms with E-state index in [1.807, 2.05) is 0 Å². The van der Waals surface area contributed by atoms with Crippen molar-refractivity contribution in [1.29, 1.82) is 0 Å². The van der Waals surface area contributed by atoms with E-state index in [-0.39, 0.29) is 6.42 Å². The second kappa shape index (κ2) is 6.29. The smallest absolute Gasteiger partial charge is 0.303 e. The van der Waals surface area contributed by atoms with E-state index in [2.05, 4.69) is 22.3 Å². The van der Waals surface area contributed by atoms with Crippen LogP contribution in [0.1, 0.15) is 42.3 Å². The van der Waals surface area contributed by atoms with Gasteiger partial charge in [0.15, 0.2) is 0 Å². The van der Waals surface area contributed by atoms with Crippen LogP contribution in [0.2, 0.25) is 0 Å². The fraction of sp³-hybridized carbons (Fsp3) is 0.692. The van der Waals surface area contributed by atoms with E-state index < -0.39 is 5.97 Å². The summed E-state index contributed by atoms with van der Waals surface area (Å²) >= 11 is 1.74. The highest BCUT2D eigenvalue weighted by molar-refractivity contribution is 7.09. The lowest BCUT2D eigenvalue weighted by Gasteiger charge is -2.27. The minimum atomic E-state index is -0.722. The number of thiazole rings is 1. The molecule has 100 valence electrons. The van der Waals surface area contributed by atoms with E-state index in [1.165, 1.54) is 17.8 Å². The average molecular weight is 268 g/mol. The second-order valence-electron chi connectivity index (χ2n) is 5.00. The normalized spacial score (nSPS) is 18.1. The van der Waals surface area contributed by atoms with Crippen LogP contribution in [0.3, 0.4) is 0 Å². The number of nitrogens with zero attached hydrogens (tertiary/aromatic N) is 2. The molecule has 1 aromatic rings. The van der Waals surface area contributed by atoms with E-state index in [0.717, 1.165) is 25.2 Å². The lowest BCUT2D eigenvalue weighted by atomic mass is 9.98. The maximum atomic E-state index is 10.5. The van der Waals surface area contributed by atoms with Crippen molar-refractivity contribution < 1.29 is 9.90 Å². The third kappa shape index (κ3) is 3.78. The molecular weight excluding hydrogens is 248 g/mol. The molecule has 0 saturated carbocycles. The van der Waals surface area contributed by atoms with Crippen LogP contribution < -0.4 is 0 Å².